The molecule has 2 N–H and O–H groups in total. The van der Waals surface area contributed by atoms with E-state index >= 15 is 0 Å². The zero-order valence-corrected chi connectivity index (χ0v) is 7.68. The third kappa shape index (κ3) is 1.10. The number of hydrogen-bond donors (Lipinski definition) is 1. The second-order valence-corrected chi connectivity index (χ2v) is 3.06. The largest absolute Gasteiger partial charge is 0.458 e. The van der Waals surface area contributed by atoms with Crippen molar-refractivity contribution < 1.29 is 9.47 Å². The van der Waals surface area contributed by atoms with E-state index in [-0.39, 0.29) is 0 Å². The number of hydrogen-bond acceptors (Lipinski definition) is 5. The number of nitrogen functional groups attached to an aromatic ring is 1. The average Bonchev–Trinajstić information content (AvgIpc) is 2.29. The van der Waals surface area contributed by atoms with Crippen molar-refractivity contribution in [2.75, 3.05) is 5.73 Å². The Hall–Kier alpha value is -2.30. The molecule has 1 aromatic carbocycles. The van der Waals surface area contributed by atoms with E-state index in [4.69, 9.17) is 15.2 Å². The summed E-state index contributed by atoms with van der Waals surface area (Å²) in [5.74, 6) is 1.63. The van der Waals surface area contributed by atoms with Crippen molar-refractivity contribution in [3.05, 3.63) is 31.0 Å². The van der Waals surface area contributed by atoms with Gasteiger partial charge < -0.3 is 15.2 Å². The molecule has 0 fully saturated rings. The summed E-state index contributed by atoms with van der Waals surface area (Å²) >= 11 is 0. The molecule has 1 aliphatic rings. The summed E-state index contributed by atoms with van der Waals surface area (Å²) in [6, 6.07) is 3.59. The van der Waals surface area contributed by atoms with Gasteiger partial charge in [0.2, 0.25) is 0 Å². The predicted molar refractivity (Wildman–Crippen MR) is 54.3 cm³/mol. The zero-order chi connectivity index (χ0) is 10.3. The maximum atomic E-state index is 5.72. The molecule has 15 heavy (non-hydrogen) atoms. The molecule has 0 amide bonds. The van der Waals surface area contributed by atoms with Gasteiger partial charge in [-0.25, -0.2) is 9.97 Å². The molecule has 3 rings (SSSR count). The van der Waals surface area contributed by atoms with Crippen LogP contribution in [0.4, 0.5) is 5.82 Å². The molecule has 2 aromatic rings. The quantitative estimate of drug-likeness (QED) is 0.698. The van der Waals surface area contributed by atoms with E-state index in [9.17, 15) is 0 Å². The number of nitrogens with zero attached hydrogens (tertiary/aromatic N) is 2. The summed E-state index contributed by atoms with van der Waals surface area (Å²) in [7, 11) is 0. The molecule has 0 saturated heterocycles. The second-order valence-electron chi connectivity index (χ2n) is 3.06. The van der Waals surface area contributed by atoms with E-state index in [0.717, 1.165) is 5.39 Å². The van der Waals surface area contributed by atoms with Gasteiger partial charge in [0.25, 0.3) is 0 Å². The van der Waals surface area contributed by atoms with Crippen LogP contribution in [-0.2, 0) is 0 Å². The van der Waals surface area contributed by atoms with E-state index in [1.54, 1.807) is 6.07 Å². The van der Waals surface area contributed by atoms with Crippen molar-refractivity contribution in [2.24, 2.45) is 0 Å². The molecule has 0 saturated carbocycles. The molecule has 1 aliphatic heterocycles. The highest BCUT2D eigenvalue weighted by atomic mass is 16.5. The summed E-state index contributed by atoms with van der Waals surface area (Å²) in [5, 5.41) is 0.759. The minimum Gasteiger partial charge on any atom is -0.458 e. The van der Waals surface area contributed by atoms with Gasteiger partial charge in [-0.2, -0.15) is 0 Å². The van der Waals surface area contributed by atoms with Crippen molar-refractivity contribution in [1.29, 1.82) is 0 Å². The first-order chi connectivity index (χ1) is 7.36. The van der Waals surface area contributed by atoms with Crippen molar-refractivity contribution in [3.8, 4) is 11.5 Å². The standard InChI is InChI=1S/C10H7N3O2/c11-10-6-1-2-7-9(15-4-3-14-7)8(6)12-5-13-10/h1-5H,(H2,11,12,13). The van der Waals surface area contributed by atoms with Gasteiger partial charge in [-0.05, 0) is 12.1 Å². The van der Waals surface area contributed by atoms with Crippen LogP contribution in [0.15, 0.2) is 31.0 Å². The normalized spacial score (nSPS) is 13.1. The molecule has 0 unspecified atom stereocenters. The third-order valence-electron chi connectivity index (χ3n) is 2.19. The zero-order valence-electron chi connectivity index (χ0n) is 7.68. The van der Waals surface area contributed by atoms with Gasteiger partial charge in [0.1, 0.15) is 30.2 Å². The summed E-state index contributed by atoms with van der Waals surface area (Å²) in [6.07, 6.45) is 4.33. The van der Waals surface area contributed by atoms with Crippen molar-refractivity contribution in [3.63, 3.8) is 0 Å². The molecule has 5 nitrogen and oxygen atoms in total. The number of aromatic nitrogens is 2. The predicted octanol–water partition coefficient (Wildman–Crippen LogP) is 1.45. The van der Waals surface area contributed by atoms with Gasteiger partial charge in [-0.3, -0.25) is 0 Å². The molecule has 0 atom stereocenters. The van der Waals surface area contributed by atoms with Crippen molar-refractivity contribution in [2.45, 2.75) is 0 Å². The van der Waals surface area contributed by atoms with Crippen molar-refractivity contribution in [1.82, 2.24) is 9.97 Å². The lowest BCUT2D eigenvalue weighted by atomic mass is 10.2. The van der Waals surface area contributed by atoms with Gasteiger partial charge in [0, 0.05) is 5.39 Å². The average molecular weight is 201 g/mol. The maximum absolute atomic E-state index is 5.72. The molecule has 1 aromatic heterocycles. The highest BCUT2D eigenvalue weighted by Crippen LogP contribution is 2.37. The number of fused-ring (bicyclic) bond motifs is 3. The fourth-order valence-corrected chi connectivity index (χ4v) is 1.51. The number of ether oxygens (including phenoxy) is 2. The molecule has 0 bridgehead atoms. The number of nitrogens with two attached hydrogens (primary N) is 1. The highest BCUT2D eigenvalue weighted by molar-refractivity contribution is 5.93. The van der Waals surface area contributed by atoms with Crippen LogP contribution in [0, 0.1) is 0 Å². The van der Waals surface area contributed by atoms with Gasteiger partial charge >= 0.3 is 0 Å². The van der Waals surface area contributed by atoms with Crippen LogP contribution < -0.4 is 15.2 Å². The molecule has 0 spiro atoms. The lowest BCUT2D eigenvalue weighted by Gasteiger charge is -2.13. The topological polar surface area (TPSA) is 70.3 Å². The van der Waals surface area contributed by atoms with Crippen LogP contribution >= 0.6 is 0 Å². The van der Waals surface area contributed by atoms with Crippen LogP contribution in [0.2, 0.25) is 0 Å². The number of rotatable bonds is 0. The smallest absolute Gasteiger partial charge is 0.195 e. The fraction of sp³-hybridized carbons (Fsp3) is 0. The van der Waals surface area contributed by atoms with Gasteiger partial charge in [0.05, 0.1) is 0 Å². The van der Waals surface area contributed by atoms with Crippen LogP contribution in [0.1, 0.15) is 0 Å². The number of anilines is 1. The first kappa shape index (κ1) is 8.05. The Kier molecular flexibility index (Phi) is 1.53. The van der Waals surface area contributed by atoms with E-state index < -0.39 is 0 Å². The molecule has 74 valence electrons. The fourth-order valence-electron chi connectivity index (χ4n) is 1.51. The van der Waals surface area contributed by atoms with Crippen LogP contribution in [0.25, 0.3) is 10.9 Å². The van der Waals surface area contributed by atoms with Crippen LogP contribution in [-0.4, -0.2) is 9.97 Å². The molecular formula is C10H7N3O2. The van der Waals surface area contributed by atoms with Crippen LogP contribution in [0.5, 0.6) is 11.5 Å². The van der Waals surface area contributed by atoms with E-state index in [0.29, 0.717) is 22.8 Å². The molecular weight excluding hydrogens is 194 g/mol. The lowest BCUT2D eigenvalue weighted by molar-refractivity contribution is 0.365. The minimum absolute atomic E-state index is 0.431. The first-order valence-corrected chi connectivity index (χ1v) is 4.38. The Balaban J connectivity index is 2.39. The summed E-state index contributed by atoms with van der Waals surface area (Å²) in [5.41, 5.74) is 6.38. The number of benzene rings is 1. The van der Waals surface area contributed by atoms with Crippen LogP contribution in [0.3, 0.4) is 0 Å². The molecule has 0 aliphatic carbocycles. The van der Waals surface area contributed by atoms with Gasteiger partial charge in [-0.1, -0.05) is 0 Å². The molecule has 0 radical (unpaired) electrons. The summed E-state index contributed by atoms with van der Waals surface area (Å²) in [6.45, 7) is 0. The molecule has 2 heterocycles. The Morgan fingerprint density at radius 3 is 2.87 bits per heavy atom. The van der Waals surface area contributed by atoms with E-state index in [2.05, 4.69) is 9.97 Å². The summed E-state index contributed by atoms with van der Waals surface area (Å²) in [4.78, 5) is 8.03. The monoisotopic (exact) mass is 201 g/mol. The Morgan fingerprint density at radius 2 is 1.93 bits per heavy atom. The van der Waals surface area contributed by atoms with Gasteiger partial charge in [0.15, 0.2) is 11.5 Å². The SMILES string of the molecule is Nc1ncnc2c3c(ccc12)OC=CO3. The van der Waals surface area contributed by atoms with E-state index in [1.165, 1.54) is 18.9 Å². The third-order valence-corrected chi connectivity index (χ3v) is 2.19. The van der Waals surface area contributed by atoms with E-state index in [1.807, 2.05) is 6.07 Å². The Bertz CT molecular complexity index is 566. The first-order valence-electron chi connectivity index (χ1n) is 4.38. The maximum Gasteiger partial charge on any atom is 0.195 e. The minimum atomic E-state index is 0.431. The highest BCUT2D eigenvalue weighted by Gasteiger charge is 2.14. The Labute approximate surface area is 85.2 Å². The Morgan fingerprint density at radius 1 is 1.07 bits per heavy atom. The lowest BCUT2D eigenvalue weighted by Crippen LogP contribution is -2.00. The molecule has 5 heteroatoms. The second kappa shape index (κ2) is 2.84. The van der Waals surface area contributed by atoms with Gasteiger partial charge in [-0.15, -0.1) is 0 Å². The summed E-state index contributed by atoms with van der Waals surface area (Å²) < 4.78 is 10.6. The van der Waals surface area contributed by atoms with Crippen molar-refractivity contribution >= 4 is 16.7 Å².